The molecule has 0 bridgehead atoms. The summed E-state index contributed by atoms with van der Waals surface area (Å²) in [7, 11) is -1.93. The van der Waals surface area contributed by atoms with E-state index in [9.17, 15) is 22.0 Å². The average molecular weight is 617 g/mol. The third-order valence-corrected chi connectivity index (χ3v) is 7.81. The monoisotopic (exact) mass is 616 g/mol. The van der Waals surface area contributed by atoms with Gasteiger partial charge in [0.2, 0.25) is 10.0 Å². The van der Waals surface area contributed by atoms with Crippen LogP contribution >= 0.6 is 0 Å². The molecule has 2 amide bonds. The third kappa shape index (κ3) is 9.29. The molecule has 3 aromatic carbocycles. The molecule has 0 aliphatic carbocycles. The van der Waals surface area contributed by atoms with Crippen molar-refractivity contribution in [3.05, 3.63) is 77.9 Å². The van der Waals surface area contributed by atoms with Crippen LogP contribution < -0.4 is 19.5 Å². The van der Waals surface area contributed by atoms with Gasteiger partial charge in [-0.1, -0.05) is 25.5 Å². The van der Waals surface area contributed by atoms with Crippen molar-refractivity contribution in [3.63, 3.8) is 0 Å². The lowest BCUT2D eigenvalue weighted by molar-refractivity contribution is 0.122. The number of rotatable bonds is 12. The van der Waals surface area contributed by atoms with Gasteiger partial charge in [0.25, 0.3) is 0 Å². The highest BCUT2D eigenvalue weighted by Crippen LogP contribution is 2.34. The van der Waals surface area contributed by atoms with Gasteiger partial charge in [-0.15, -0.1) is 0 Å². The Hall–Kier alpha value is -3.90. The number of piperidine rings is 1. The lowest BCUT2D eigenvalue weighted by atomic mass is 10.0. The number of carbonyl (C=O) groups excluding carboxylic acids is 1. The lowest BCUT2D eigenvalue weighted by Crippen LogP contribution is -2.49. The number of sulfonamides is 1. The van der Waals surface area contributed by atoms with Crippen LogP contribution in [0.15, 0.2) is 60.7 Å². The second-order valence-electron chi connectivity index (χ2n) is 10.6. The highest BCUT2D eigenvalue weighted by Gasteiger charge is 2.28. The summed E-state index contributed by atoms with van der Waals surface area (Å²) >= 11 is 0. The van der Waals surface area contributed by atoms with Crippen molar-refractivity contribution in [1.29, 1.82) is 0 Å². The quantitative estimate of drug-likeness (QED) is 0.243. The minimum Gasteiger partial charge on any atom is -0.493 e. The zero-order chi connectivity index (χ0) is 31.0. The summed E-state index contributed by atoms with van der Waals surface area (Å²) in [6.07, 6.45) is 4.41. The summed E-state index contributed by atoms with van der Waals surface area (Å²) in [5, 5.41) is 2.62. The van der Waals surface area contributed by atoms with Gasteiger partial charge in [-0.05, 0) is 61.2 Å². The molecule has 3 aromatic rings. The standard InChI is InChI=1S/C31H38F2N4O5S/c1-4-5-16-37(31(38)34-28-12-8-23(32)19-27(28)33)25-14-17-36(18-15-25)21-22-6-10-26(11-7-22)42-29-13-9-24(20-30(29)41-2)35-43(3,39)40/h6-13,19-20,25,35H,4-5,14-18,21H2,1-3H3,(H,34,38). The van der Waals surface area contributed by atoms with Crippen LogP contribution in [-0.4, -0.2) is 63.3 Å². The first kappa shape index (κ1) is 32.0. The predicted octanol–water partition coefficient (Wildman–Crippen LogP) is 6.44. The number of hydrogen-bond donors (Lipinski definition) is 2. The first-order chi connectivity index (χ1) is 20.5. The van der Waals surface area contributed by atoms with Crippen molar-refractivity contribution in [2.75, 3.05) is 43.0 Å². The van der Waals surface area contributed by atoms with E-state index in [1.54, 1.807) is 23.1 Å². The van der Waals surface area contributed by atoms with Crippen LogP contribution in [0, 0.1) is 11.6 Å². The minimum atomic E-state index is -3.41. The van der Waals surface area contributed by atoms with E-state index in [1.165, 1.54) is 13.2 Å². The molecule has 0 saturated carbocycles. The van der Waals surface area contributed by atoms with Crippen LogP contribution in [0.3, 0.4) is 0 Å². The van der Waals surface area contributed by atoms with Crippen molar-refractivity contribution in [2.24, 2.45) is 0 Å². The van der Waals surface area contributed by atoms with Crippen LogP contribution in [0.2, 0.25) is 0 Å². The van der Waals surface area contributed by atoms with E-state index < -0.39 is 21.7 Å². The fourth-order valence-electron chi connectivity index (χ4n) is 5.02. The molecule has 4 rings (SSSR count). The average Bonchev–Trinajstić information content (AvgIpc) is 2.96. The van der Waals surface area contributed by atoms with Gasteiger partial charge in [0.15, 0.2) is 11.5 Å². The summed E-state index contributed by atoms with van der Waals surface area (Å²) in [5.41, 5.74) is 1.46. The molecule has 43 heavy (non-hydrogen) atoms. The highest BCUT2D eigenvalue weighted by atomic mass is 32.2. The Bertz CT molecular complexity index is 1500. The summed E-state index contributed by atoms with van der Waals surface area (Å²) in [6, 6.07) is 15.3. The summed E-state index contributed by atoms with van der Waals surface area (Å²) in [4.78, 5) is 17.2. The topological polar surface area (TPSA) is 100 Å². The van der Waals surface area contributed by atoms with Crippen LogP contribution in [0.1, 0.15) is 38.2 Å². The van der Waals surface area contributed by atoms with E-state index in [0.29, 0.717) is 29.5 Å². The number of methoxy groups -OCH3 is 1. The van der Waals surface area contributed by atoms with Crippen molar-refractivity contribution >= 4 is 27.4 Å². The first-order valence-electron chi connectivity index (χ1n) is 14.2. The molecule has 1 fully saturated rings. The number of nitrogens with zero attached hydrogens (tertiary/aromatic N) is 2. The minimum absolute atomic E-state index is 0.0242. The lowest BCUT2D eigenvalue weighted by Gasteiger charge is -2.38. The number of unbranched alkanes of at least 4 members (excludes halogenated alkanes) is 1. The van der Waals surface area contributed by atoms with E-state index in [2.05, 4.69) is 21.9 Å². The van der Waals surface area contributed by atoms with E-state index >= 15 is 0 Å². The van der Waals surface area contributed by atoms with Crippen LogP contribution in [0.4, 0.5) is 25.0 Å². The van der Waals surface area contributed by atoms with E-state index in [0.717, 1.165) is 69.3 Å². The molecule has 232 valence electrons. The fourth-order valence-corrected chi connectivity index (χ4v) is 5.58. The summed E-state index contributed by atoms with van der Waals surface area (Å²) in [5.74, 6) is -0.0295. The maximum atomic E-state index is 14.1. The molecule has 2 N–H and O–H groups in total. The molecule has 1 heterocycles. The van der Waals surface area contributed by atoms with Crippen molar-refractivity contribution in [1.82, 2.24) is 9.80 Å². The summed E-state index contributed by atoms with van der Waals surface area (Å²) < 4.78 is 64.2. The number of likely N-dealkylation sites (tertiary alicyclic amines) is 1. The second-order valence-corrected chi connectivity index (χ2v) is 12.3. The van der Waals surface area contributed by atoms with Gasteiger partial charge in [-0.3, -0.25) is 9.62 Å². The fraction of sp³-hybridized carbons (Fsp3) is 0.387. The summed E-state index contributed by atoms with van der Waals surface area (Å²) in [6.45, 7) is 4.97. The molecular weight excluding hydrogens is 578 g/mol. The number of nitrogens with one attached hydrogen (secondary N) is 2. The van der Waals surface area contributed by atoms with Gasteiger partial charge in [-0.25, -0.2) is 22.0 Å². The second kappa shape index (κ2) is 14.5. The zero-order valence-corrected chi connectivity index (χ0v) is 25.4. The van der Waals surface area contributed by atoms with Crippen molar-refractivity contribution in [2.45, 2.75) is 45.2 Å². The number of anilines is 2. The molecule has 1 aliphatic heterocycles. The molecule has 12 heteroatoms. The van der Waals surface area contributed by atoms with Crippen LogP contribution in [0.5, 0.6) is 17.2 Å². The number of amides is 2. The Balaban J connectivity index is 1.32. The van der Waals surface area contributed by atoms with E-state index in [-0.39, 0.29) is 17.8 Å². The van der Waals surface area contributed by atoms with Gasteiger partial charge in [0.05, 0.1) is 24.7 Å². The van der Waals surface area contributed by atoms with Gasteiger partial charge < -0.3 is 19.7 Å². The first-order valence-corrected chi connectivity index (χ1v) is 16.1. The van der Waals surface area contributed by atoms with E-state index in [4.69, 9.17) is 9.47 Å². The Morgan fingerprint density at radius 1 is 1.02 bits per heavy atom. The molecule has 1 saturated heterocycles. The largest absolute Gasteiger partial charge is 0.493 e. The SMILES string of the molecule is CCCCN(C(=O)Nc1ccc(F)cc1F)C1CCN(Cc2ccc(Oc3ccc(NS(C)(=O)=O)cc3OC)cc2)CC1. The maximum Gasteiger partial charge on any atom is 0.322 e. The number of urea groups is 1. The Kier molecular flexibility index (Phi) is 10.8. The van der Waals surface area contributed by atoms with Gasteiger partial charge in [0, 0.05) is 44.4 Å². The van der Waals surface area contributed by atoms with Crippen LogP contribution in [-0.2, 0) is 16.6 Å². The van der Waals surface area contributed by atoms with Gasteiger partial charge >= 0.3 is 6.03 Å². The molecule has 0 radical (unpaired) electrons. The van der Waals surface area contributed by atoms with Gasteiger partial charge in [0.1, 0.15) is 17.4 Å². The Morgan fingerprint density at radius 3 is 2.37 bits per heavy atom. The highest BCUT2D eigenvalue weighted by molar-refractivity contribution is 7.92. The van der Waals surface area contributed by atoms with E-state index in [1.807, 2.05) is 24.3 Å². The number of ether oxygens (including phenoxy) is 2. The predicted molar refractivity (Wildman–Crippen MR) is 163 cm³/mol. The molecule has 9 nitrogen and oxygen atoms in total. The maximum absolute atomic E-state index is 14.1. The molecule has 1 aliphatic rings. The smallest absolute Gasteiger partial charge is 0.322 e. The molecule has 0 spiro atoms. The van der Waals surface area contributed by atoms with Crippen LogP contribution in [0.25, 0.3) is 0 Å². The molecule has 0 unspecified atom stereocenters. The number of hydrogen-bond acceptors (Lipinski definition) is 6. The van der Waals surface area contributed by atoms with Crippen molar-refractivity contribution < 1.29 is 31.5 Å². The number of carbonyl (C=O) groups is 1. The zero-order valence-electron chi connectivity index (χ0n) is 24.6. The molecule has 0 aromatic heterocycles. The molecular formula is C31H38F2N4O5S. The normalized spacial score (nSPS) is 14.3. The Labute approximate surface area is 251 Å². The third-order valence-electron chi connectivity index (χ3n) is 7.21. The molecule has 0 atom stereocenters. The Morgan fingerprint density at radius 2 is 1.74 bits per heavy atom. The van der Waals surface area contributed by atoms with Gasteiger partial charge in [-0.2, -0.15) is 0 Å². The number of benzene rings is 3. The van der Waals surface area contributed by atoms with Crippen molar-refractivity contribution in [3.8, 4) is 17.2 Å². The number of halogens is 2.